The molecule has 0 aromatic carbocycles. The first-order valence-electron chi connectivity index (χ1n) is 8.32. The molecule has 24 heavy (non-hydrogen) atoms. The van der Waals surface area contributed by atoms with Gasteiger partial charge in [0.15, 0.2) is 0 Å². The molecule has 138 valence electrons. The van der Waals surface area contributed by atoms with Crippen LogP contribution in [0, 0.1) is 5.41 Å². The van der Waals surface area contributed by atoms with Crippen LogP contribution in [0.1, 0.15) is 39.7 Å². The van der Waals surface area contributed by atoms with Gasteiger partial charge in [0.05, 0.1) is 12.7 Å². The summed E-state index contributed by atoms with van der Waals surface area (Å²) >= 11 is 0. The number of urea groups is 1. The van der Waals surface area contributed by atoms with E-state index in [2.05, 4.69) is 41.4 Å². The van der Waals surface area contributed by atoms with E-state index in [1.54, 1.807) is 31.0 Å². The molecule has 0 saturated carbocycles. The Bertz CT molecular complexity index is 531. The summed E-state index contributed by atoms with van der Waals surface area (Å²) in [5, 5.41) is 20.4. The lowest BCUT2D eigenvalue weighted by molar-refractivity contribution is 0.0589. The van der Waals surface area contributed by atoms with Gasteiger partial charge in [-0.15, -0.1) is 0 Å². The van der Waals surface area contributed by atoms with E-state index >= 15 is 0 Å². The van der Waals surface area contributed by atoms with Crippen molar-refractivity contribution in [1.29, 1.82) is 0 Å². The zero-order valence-corrected chi connectivity index (χ0v) is 16.1. The van der Waals surface area contributed by atoms with Crippen LogP contribution in [0.2, 0.25) is 0 Å². The van der Waals surface area contributed by atoms with Crippen molar-refractivity contribution < 1.29 is 9.90 Å². The molecule has 7 nitrogen and oxygen atoms in total. The average Bonchev–Trinajstić information content (AvgIpc) is 2.87. The second kappa shape index (κ2) is 7.98. The molecule has 0 fully saturated rings. The van der Waals surface area contributed by atoms with Crippen LogP contribution in [0.3, 0.4) is 0 Å². The Labute approximate surface area is 145 Å². The molecule has 3 N–H and O–H groups in total. The molecular weight excluding hydrogens is 306 g/mol. The summed E-state index contributed by atoms with van der Waals surface area (Å²) in [4.78, 5) is 14.4. The predicted molar refractivity (Wildman–Crippen MR) is 95.7 cm³/mol. The lowest BCUT2D eigenvalue weighted by Crippen LogP contribution is -2.51. The monoisotopic (exact) mass is 339 g/mol. The summed E-state index contributed by atoms with van der Waals surface area (Å²) in [7, 11) is 5.83. The Hall–Kier alpha value is -1.60. The van der Waals surface area contributed by atoms with Crippen molar-refractivity contribution in [3.63, 3.8) is 0 Å². The summed E-state index contributed by atoms with van der Waals surface area (Å²) in [6.07, 6.45) is 4.21. The average molecular weight is 339 g/mol. The van der Waals surface area contributed by atoms with Gasteiger partial charge in [0.2, 0.25) is 0 Å². The minimum Gasteiger partial charge on any atom is -0.383 e. The minimum atomic E-state index is -1.16. The maximum absolute atomic E-state index is 12.3. The van der Waals surface area contributed by atoms with E-state index in [1.807, 2.05) is 14.1 Å². The van der Waals surface area contributed by atoms with Crippen LogP contribution in [-0.4, -0.2) is 59.0 Å². The Morgan fingerprint density at radius 2 is 2.00 bits per heavy atom. The minimum absolute atomic E-state index is 0.0424. The summed E-state index contributed by atoms with van der Waals surface area (Å²) in [5.41, 5.74) is -0.531. The van der Waals surface area contributed by atoms with E-state index in [1.165, 1.54) is 0 Å². The van der Waals surface area contributed by atoms with Crippen molar-refractivity contribution in [2.75, 3.05) is 27.2 Å². The molecule has 0 aliphatic rings. The third-order valence-corrected chi connectivity index (χ3v) is 4.14. The topological polar surface area (TPSA) is 82.4 Å². The lowest BCUT2D eigenvalue weighted by atomic mass is 9.84. The fourth-order valence-corrected chi connectivity index (χ4v) is 2.37. The Balaban J connectivity index is 2.59. The number of carbonyl (C=O) groups is 1. The lowest BCUT2D eigenvalue weighted by Gasteiger charge is -2.33. The zero-order chi connectivity index (χ0) is 18.5. The van der Waals surface area contributed by atoms with Gasteiger partial charge in [0.25, 0.3) is 0 Å². The van der Waals surface area contributed by atoms with Crippen LogP contribution < -0.4 is 10.6 Å². The summed E-state index contributed by atoms with van der Waals surface area (Å²) in [6.45, 7) is 9.01. The molecule has 1 aromatic rings. The van der Waals surface area contributed by atoms with Crippen LogP contribution in [0.4, 0.5) is 4.79 Å². The molecule has 1 heterocycles. The Morgan fingerprint density at radius 3 is 2.46 bits per heavy atom. The number of nitrogens with one attached hydrogen (secondary N) is 2. The number of amides is 2. The van der Waals surface area contributed by atoms with Crippen molar-refractivity contribution in [3.8, 4) is 0 Å². The van der Waals surface area contributed by atoms with Crippen LogP contribution in [0.25, 0.3) is 0 Å². The largest absolute Gasteiger partial charge is 0.383 e. The number of aryl methyl sites for hydroxylation is 1. The number of hydrogen-bond acceptors (Lipinski definition) is 4. The molecule has 2 unspecified atom stereocenters. The normalized spacial score (nSPS) is 15.9. The number of aliphatic hydroxyl groups is 1. The molecule has 0 bridgehead atoms. The smallest absolute Gasteiger partial charge is 0.315 e. The van der Waals surface area contributed by atoms with Crippen LogP contribution in [-0.2, 0) is 12.6 Å². The van der Waals surface area contributed by atoms with Crippen LogP contribution >= 0.6 is 0 Å². The number of aromatic nitrogens is 2. The number of rotatable bonds is 7. The molecule has 2 atom stereocenters. The second-order valence-electron chi connectivity index (χ2n) is 8.01. The first kappa shape index (κ1) is 20.4. The zero-order valence-electron chi connectivity index (χ0n) is 16.1. The maximum atomic E-state index is 12.3. The van der Waals surface area contributed by atoms with Gasteiger partial charge < -0.3 is 20.6 Å². The third-order valence-electron chi connectivity index (χ3n) is 4.14. The van der Waals surface area contributed by atoms with E-state index < -0.39 is 5.60 Å². The quantitative estimate of drug-likeness (QED) is 0.699. The van der Waals surface area contributed by atoms with Gasteiger partial charge >= 0.3 is 6.03 Å². The molecule has 0 aliphatic heterocycles. The summed E-state index contributed by atoms with van der Waals surface area (Å²) < 4.78 is 1.63. The van der Waals surface area contributed by atoms with Crippen LogP contribution in [0.5, 0.6) is 0 Å². The van der Waals surface area contributed by atoms with Gasteiger partial charge in [-0.05, 0) is 39.4 Å². The fourth-order valence-electron chi connectivity index (χ4n) is 2.37. The highest BCUT2D eigenvalue weighted by Gasteiger charge is 2.28. The maximum Gasteiger partial charge on any atom is 0.315 e. The molecule has 2 amide bonds. The van der Waals surface area contributed by atoms with Crippen LogP contribution in [0.15, 0.2) is 12.4 Å². The first-order chi connectivity index (χ1) is 10.9. The molecule has 1 rings (SSSR count). The molecule has 0 radical (unpaired) electrons. The van der Waals surface area contributed by atoms with E-state index in [0.717, 1.165) is 13.0 Å². The number of hydrogen-bond donors (Lipinski definition) is 3. The standard InChI is InChI=1S/C17H33N5O2/c1-16(2,3)14(8-9-21(5)6)20-15(23)18-12-17(4,24)13-10-19-22(7)11-13/h10-11,14,24H,8-9,12H2,1-7H3,(H2,18,20,23). The third kappa shape index (κ3) is 6.49. The number of nitrogens with zero attached hydrogens (tertiary/aromatic N) is 3. The predicted octanol–water partition coefficient (Wildman–Crippen LogP) is 1.29. The van der Waals surface area contributed by atoms with Gasteiger partial charge in [-0.3, -0.25) is 4.68 Å². The Morgan fingerprint density at radius 1 is 1.38 bits per heavy atom. The van der Waals surface area contributed by atoms with Gasteiger partial charge in [-0.25, -0.2) is 4.79 Å². The van der Waals surface area contributed by atoms with E-state index in [9.17, 15) is 9.90 Å². The molecule has 1 aromatic heterocycles. The molecule has 0 aliphatic carbocycles. The van der Waals surface area contributed by atoms with Gasteiger partial charge in [-0.2, -0.15) is 5.10 Å². The van der Waals surface area contributed by atoms with Crippen molar-refractivity contribution in [3.05, 3.63) is 18.0 Å². The van der Waals surface area contributed by atoms with Crippen molar-refractivity contribution >= 4 is 6.03 Å². The SMILES string of the molecule is CN(C)CCC(NC(=O)NCC(C)(O)c1cnn(C)c1)C(C)(C)C. The van der Waals surface area contributed by atoms with Gasteiger partial charge in [0, 0.05) is 24.8 Å². The summed E-state index contributed by atoms with van der Waals surface area (Å²) in [5.74, 6) is 0. The highest BCUT2D eigenvalue weighted by Crippen LogP contribution is 2.22. The summed E-state index contributed by atoms with van der Waals surface area (Å²) in [6, 6.07) is -0.221. The van der Waals surface area contributed by atoms with Gasteiger partial charge in [0.1, 0.15) is 5.60 Å². The van der Waals surface area contributed by atoms with Crippen molar-refractivity contribution in [2.45, 2.75) is 45.8 Å². The molecule has 7 heteroatoms. The Kier molecular flexibility index (Phi) is 6.80. The van der Waals surface area contributed by atoms with Crippen molar-refractivity contribution in [1.82, 2.24) is 25.3 Å². The first-order valence-corrected chi connectivity index (χ1v) is 8.32. The number of carbonyl (C=O) groups excluding carboxylic acids is 1. The highest BCUT2D eigenvalue weighted by atomic mass is 16.3. The second-order valence-corrected chi connectivity index (χ2v) is 8.01. The van der Waals surface area contributed by atoms with E-state index in [0.29, 0.717) is 5.56 Å². The van der Waals surface area contributed by atoms with E-state index in [-0.39, 0.29) is 24.0 Å². The van der Waals surface area contributed by atoms with Crippen molar-refractivity contribution in [2.24, 2.45) is 12.5 Å². The fraction of sp³-hybridized carbons (Fsp3) is 0.765. The molecule has 0 saturated heterocycles. The van der Waals surface area contributed by atoms with Gasteiger partial charge in [-0.1, -0.05) is 20.8 Å². The molecule has 0 spiro atoms. The molecular formula is C17H33N5O2. The highest BCUT2D eigenvalue weighted by molar-refractivity contribution is 5.74. The van der Waals surface area contributed by atoms with E-state index in [4.69, 9.17) is 0 Å².